The van der Waals surface area contributed by atoms with Crippen molar-refractivity contribution in [3.05, 3.63) is 52.0 Å². The fourth-order valence-corrected chi connectivity index (χ4v) is 3.84. The molecule has 1 aliphatic rings. The van der Waals surface area contributed by atoms with Crippen LogP contribution in [0, 0.1) is 6.92 Å². The number of rotatable bonds is 5. The molecular weight excluding hydrogens is 330 g/mol. The number of nitrogens with one attached hydrogen (secondary N) is 2. The van der Waals surface area contributed by atoms with Crippen molar-refractivity contribution in [2.24, 2.45) is 4.99 Å². The van der Waals surface area contributed by atoms with Crippen LogP contribution in [-0.2, 0) is 13.1 Å². The van der Waals surface area contributed by atoms with Crippen LogP contribution in [0.4, 0.5) is 0 Å². The van der Waals surface area contributed by atoms with Crippen LogP contribution in [0.1, 0.15) is 29.0 Å². The number of piperidine rings is 1. The number of aryl methyl sites for hydroxylation is 1. The van der Waals surface area contributed by atoms with Crippen LogP contribution in [0.2, 0.25) is 0 Å². The summed E-state index contributed by atoms with van der Waals surface area (Å²) in [5.41, 5.74) is 4.39. The normalized spacial score (nSPS) is 16.8. The lowest BCUT2D eigenvalue weighted by Crippen LogP contribution is -2.48. The van der Waals surface area contributed by atoms with Gasteiger partial charge in [0, 0.05) is 37.6 Å². The minimum atomic E-state index is 0.487. The predicted molar refractivity (Wildman–Crippen MR) is 105 cm³/mol. The summed E-state index contributed by atoms with van der Waals surface area (Å²) in [6.45, 7) is 6.12. The summed E-state index contributed by atoms with van der Waals surface area (Å²) in [4.78, 5) is 12.5. The van der Waals surface area contributed by atoms with Crippen molar-refractivity contribution in [3.8, 4) is 0 Å². The zero-order valence-corrected chi connectivity index (χ0v) is 15.9. The number of likely N-dealkylation sites (tertiary alicyclic amines) is 1. The Bertz CT molecular complexity index is 674. The summed E-state index contributed by atoms with van der Waals surface area (Å²) >= 11 is 1.69. The predicted octanol–water partition coefficient (Wildman–Crippen LogP) is 2.78. The van der Waals surface area contributed by atoms with Gasteiger partial charge in [-0.15, -0.1) is 11.3 Å². The van der Waals surface area contributed by atoms with Crippen LogP contribution in [0.3, 0.4) is 0 Å². The van der Waals surface area contributed by atoms with E-state index in [2.05, 4.69) is 55.8 Å². The van der Waals surface area contributed by atoms with Gasteiger partial charge in [0.1, 0.15) is 0 Å². The lowest BCUT2D eigenvalue weighted by atomic mass is 10.0. The van der Waals surface area contributed by atoms with Crippen molar-refractivity contribution >= 4 is 17.3 Å². The van der Waals surface area contributed by atoms with E-state index in [4.69, 9.17) is 0 Å². The molecule has 25 heavy (non-hydrogen) atoms. The molecule has 0 atom stereocenters. The molecule has 134 valence electrons. The van der Waals surface area contributed by atoms with E-state index in [1.807, 2.05) is 19.5 Å². The van der Waals surface area contributed by atoms with Gasteiger partial charge in [-0.3, -0.25) is 9.89 Å². The van der Waals surface area contributed by atoms with E-state index in [-0.39, 0.29) is 0 Å². The maximum atomic E-state index is 4.36. The summed E-state index contributed by atoms with van der Waals surface area (Å²) in [6, 6.07) is 11.2. The first kappa shape index (κ1) is 17.9. The second-order valence-electron chi connectivity index (χ2n) is 6.47. The number of guanidine groups is 1. The topological polar surface area (TPSA) is 52.6 Å². The van der Waals surface area contributed by atoms with Crippen LogP contribution < -0.4 is 10.6 Å². The average Bonchev–Trinajstić information content (AvgIpc) is 3.06. The van der Waals surface area contributed by atoms with Crippen LogP contribution in [0.15, 0.2) is 40.8 Å². The lowest BCUT2D eigenvalue weighted by molar-refractivity contribution is 0.198. The van der Waals surface area contributed by atoms with Gasteiger partial charge in [0.05, 0.1) is 17.7 Å². The molecule has 1 saturated heterocycles. The van der Waals surface area contributed by atoms with Crippen LogP contribution in [-0.4, -0.2) is 42.0 Å². The Morgan fingerprint density at radius 3 is 2.68 bits per heavy atom. The van der Waals surface area contributed by atoms with Crippen molar-refractivity contribution in [1.82, 2.24) is 20.5 Å². The van der Waals surface area contributed by atoms with E-state index in [0.717, 1.165) is 50.7 Å². The number of hydrogen-bond acceptors (Lipinski definition) is 4. The van der Waals surface area contributed by atoms with Crippen molar-refractivity contribution in [2.45, 2.75) is 38.9 Å². The molecule has 1 aromatic heterocycles. The highest BCUT2D eigenvalue weighted by atomic mass is 32.1. The molecule has 1 aliphatic heterocycles. The van der Waals surface area contributed by atoms with Gasteiger partial charge in [0.15, 0.2) is 5.96 Å². The number of nitrogens with zero attached hydrogens (tertiary/aromatic N) is 3. The molecule has 3 rings (SSSR count). The monoisotopic (exact) mass is 357 g/mol. The third kappa shape index (κ3) is 5.28. The molecular formula is C19H27N5S. The van der Waals surface area contributed by atoms with Gasteiger partial charge in [-0.05, 0) is 25.3 Å². The number of aromatic nitrogens is 1. The summed E-state index contributed by atoms with van der Waals surface area (Å²) in [5.74, 6) is 0.884. The maximum Gasteiger partial charge on any atom is 0.191 e. The molecule has 0 radical (unpaired) electrons. The highest BCUT2D eigenvalue weighted by molar-refractivity contribution is 7.09. The second-order valence-corrected chi connectivity index (χ2v) is 7.41. The largest absolute Gasteiger partial charge is 0.354 e. The molecule has 0 unspecified atom stereocenters. The van der Waals surface area contributed by atoms with E-state index in [1.165, 1.54) is 10.4 Å². The zero-order chi connectivity index (χ0) is 17.5. The molecule has 2 heterocycles. The Morgan fingerprint density at radius 2 is 2.04 bits per heavy atom. The fourth-order valence-electron chi connectivity index (χ4n) is 3.12. The van der Waals surface area contributed by atoms with Gasteiger partial charge >= 0.3 is 0 Å². The number of benzene rings is 1. The van der Waals surface area contributed by atoms with Gasteiger partial charge in [-0.25, -0.2) is 4.98 Å². The first-order chi connectivity index (χ1) is 12.2. The maximum absolute atomic E-state index is 4.36. The van der Waals surface area contributed by atoms with Gasteiger partial charge < -0.3 is 10.6 Å². The number of hydrogen-bond donors (Lipinski definition) is 2. The molecule has 0 aliphatic carbocycles. The third-order valence-electron chi connectivity index (χ3n) is 4.66. The minimum absolute atomic E-state index is 0.487. The van der Waals surface area contributed by atoms with Gasteiger partial charge in [0.2, 0.25) is 0 Å². The first-order valence-corrected chi connectivity index (χ1v) is 9.75. The van der Waals surface area contributed by atoms with E-state index in [9.17, 15) is 0 Å². The zero-order valence-electron chi connectivity index (χ0n) is 15.0. The number of aliphatic imine (C=N–C) groups is 1. The Labute approximate surface area is 154 Å². The summed E-state index contributed by atoms with van der Waals surface area (Å²) in [7, 11) is 1.83. The molecule has 2 N–H and O–H groups in total. The van der Waals surface area contributed by atoms with E-state index < -0.39 is 0 Å². The average molecular weight is 358 g/mol. The van der Waals surface area contributed by atoms with Crippen molar-refractivity contribution in [1.29, 1.82) is 0 Å². The number of thiazole rings is 1. The Balaban J connectivity index is 1.42. The Kier molecular flexibility index (Phi) is 6.42. The van der Waals surface area contributed by atoms with Gasteiger partial charge in [-0.1, -0.05) is 30.3 Å². The van der Waals surface area contributed by atoms with Crippen molar-refractivity contribution < 1.29 is 0 Å². The molecule has 1 aromatic carbocycles. The van der Waals surface area contributed by atoms with Gasteiger partial charge in [-0.2, -0.15) is 0 Å². The van der Waals surface area contributed by atoms with Gasteiger partial charge in [0.25, 0.3) is 0 Å². The fraction of sp³-hybridized carbons (Fsp3) is 0.474. The minimum Gasteiger partial charge on any atom is -0.354 e. The first-order valence-electron chi connectivity index (χ1n) is 8.87. The molecule has 5 nitrogen and oxygen atoms in total. The molecule has 1 fully saturated rings. The SMILES string of the molecule is CN=C(NCc1scnc1C)NC1CCN(Cc2ccccc2)CC1. The summed E-state index contributed by atoms with van der Waals surface area (Å²) < 4.78 is 0. The van der Waals surface area contributed by atoms with Crippen LogP contribution in [0.5, 0.6) is 0 Å². The molecule has 0 saturated carbocycles. The Hall–Kier alpha value is -1.92. The summed E-state index contributed by atoms with van der Waals surface area (Å²) in [6.07, 6.45) is 2.29. The smallest absolute Gasteiger partial charge is 0.191 e. The standard InChI is InChI=1S/C19H27N5S/c1-15-18(25-14-22-15)12-21-19(20-2)23-17-8-10-24(11-9-17)13-16-6-4-3-5-7-16/h3-7,14,17H,8-13H2,1-2H3,(H2,20,21,23). The second kappa shape index (κ2) is 8.97. The van der Waals surface area contributed by atoms with E-state index in [0.29, 0.717) is 6.04 Å². The van der Waals surface area contributed by atoms with Crippen molar-refractivity contribution in [3.63, 3.8) is 0 Å². The molecule has 6 heteroatoms. The third-order valence-corrected chi connectivity index (χ3v) is 5.60. The highest BCUT2D eigenvalue weighted by Crippen LogP contribution is 2.14. The highest BCUT2D eigenvalue weighted by Gasteiger charge is 2.20. The Morgan fingerprint density at radius 1 is 1.28 bits per heavy atom. The van der Waals surface area contributed by atoms with Crippen LogP contribution >= 0.6 is 11.3 Å². The van der Waals surface area contributed by atoms with Crippen LogP contribution in [0.25, 0.3) is 0 Å². The van der Waals surface area contributed by atoms with E-state index in [1.54, 1.807) is 11.3 Å². The molecule has 0 amide bonds. The molecule has 0 spiro atoms. The molecule has 2 aromatic rings. The quantitative estimate of drug-likeness (QED) is 0.638. The lowest BCUT2D eigenvalue weighted by Gasteiger charge is -2.33. The summed E-state index contributed by atoms with van der Waals surface area (Å²) in [5, 5.41) is 6.98. The van der Waals surface area contributed by atoms with E-state index >= 15 is 0 Å². The molecule has 0 bridgehead atoms. The van der Waals surface area contributed by atoms with Crippen molar-refractivity contribution in [2.75, 3.05) is 20.1 Å².